The minimum atomic E-state index is -4.33. The first-order valence-electron chi connectivity index (χ1n) is 16.8. The molecule has 9 nitrogen and oxygen atoms in total. The molecule has 5 rings (SSSR count). The van der Waals surface area contributed by atoms with Crippen molar-refractivity contribution in [2.45, 2.75) is 69.0 Å². The predicted molar refractivity (Wildman–Crippen MR) is 196 cm³/mol. The zero-order valence-electron chi connectivity index (χ0n) is 28.7. The van der Waals surface area contributed by atoms with E-state index in [4.69, 9.17) is 21.1 Å². The van der Waals surface area contributed by atoms with Crippen molar-refractivity contribution >= 4 is 39.1 Å². The molecule has 0 spiro atoms. The van der Waals surface area contributed by atoms with Crippen molar-refractivity contribution in [3.05, 3.63) is 119 Å². The Morgan fingerprint density at radius 2 is 1.50 bits per heavy atom. The second kappa shape index (κ2) is 16.9. The SMILES string of the molecule is COc1ccc(S(=O)(=O)N(CC(=O)N(Cc2ccc(Cl)cc2)C(Cc2ccccc2)C(=O)NC2CCCCC2)c2ccc(C)cc2)cc1OC. The van der Waals surface area contributed by atoms with Crippen LogP contribution in [0.1, 0.15) is 48.8 Å². The normalized spacial score (nSPS) is 14.0. The molecule has 1 unspecified atom stereocenters. The number of rotatable bonds is 14. The highest BCUT2D eigenvalue weighted by molar-refractivity contribution is 7.92. The van der Waals surface area contributed by atoms with Crippen molar-refractivity contribution < 1.29 is 27.5 Å². The van der Waals surface area contributed by atoms with E-state index in [-0.39, 0.29) is 35.6 Å². The average molecular weight is 718 g/mol. The maximum Gasteiger partial charge on any atom is 0.264 e. The van der Waals surface area contributed by atoms with E-state index in [1.54, 1.807) is 48.5 Å². The van der Waals surface area contributed by atoms with Crippen molar-refractivity contribution in [2.24, 2.45) is 0 Å². The van der Waals surface area contributed by atoms with Gasteiger partial charge in [-0.3, -0.25) is 13.9 Å². The van der Waals surface area contributed by atoms with Gasteiger partial charge >= 0.3 is 0 Å². The lowest BCUT2D eigenvalue weighted by Gasteiger charge is -2.35. The van der Waals surface area contributed by atoms with Crippen LogP contribution < -0.4 is 19.1 Å². The van der Waals surface area contributed by atoms with Gasteiger partial charge in [0.15, 0.2) is 11.5 Å². The van der Waals surface area contributed by atoms with Crippen LogP contribution in [0.5, 0.6) is 11.5 Å². The fraction of sp³-hybridized carbons (Fsp3) is 0.333. The minimum absolute atomic E-state index is 0.0106. The third kappa shape index (κ3) is 9.17. The maximum atomic E-state index is 14.8. The summed E-state index contributed by atoms with van der Waals surface area (Å²) in [5, 5.41) is 3.76. The van der Waals surface area contributed by atoms with E-state index < -0.39 is 28.5 Å². The lowest BCUT2D eigenvalue weighted by molar-refractivity contribution is -0.140. The Morgan fingerprint density at radius 3 is 2.14 bits per heavy atom. The molecule has 0 aliphatic heterocycles. The molecule has 0 heterocycles. The van der Waals surface area contributed by atoms with Crippen LogP contribution in [0.4, 0.5) is 5.69 Å². The van der Waals surface area contributed by atoms with Crippen LogP contribution >= 0.6 is 11.6 Å². The Hall–Kier alpha value is -4.54. The molecule has 1 atom stereocenters. The van der Waals surface area contributed by atoms with Gasteiger partial charge in [-0.15, -0.1) is 0 Å². The van der Waals surface area contributed by atoms with E-state index in [0.29, 0.717) is 16.5 Å². The molecule has 1 aliphatic rings. The second-order valence-corrected chi connectivity index (χ2v) is 14.9. The second-order valence-electron chi connectivity index (χ2n) is 12.6. The molecular formula is C39H44ClN3O6S. The van der Waals surface area contributed by atoms with Gasteiger partial charge < -0.3 is 19.7 Å². The number of halogens is 1. The number of sulfonamides is 1. The minimum Gasteiger partial charge on any atom is -0.493 e. The van der Waals surface area contributed by atoms with Crippen molar-refractivity contribution in [2.75, 3.05) is 25.1 Å². The number of methoxy groups -OCH3 is 2. The summed E-state index contributed by atoms with van der Waals surface area (Å²) in [6.07, 6.45) is 5.18. The van der Waals surface area contributed by atoms with Gasteiger partial charge in [0.05, 0.1) is 24.8 Å². The number of benzene rings is 4. The highest BCUT2D eigenvalue weighted by Gasteiger charge is 2.35. The zero-order valence-corrected chi connectivity index (χ0v) is 30.3. The van der Waals surface area contributed by atoms with Gasteiger partial charge in [0.25, 0.3) is 10.0 Å². The fourth-order valence-corrected chi connectivity index (χ4v) is 7.78. The molecule has 0 bridgehead atoms. The summed E-state index contributed by atoms with van der Waals surface area (Å²) >= 11 is 6.20. The third-order valence-electron chi connectivity index (χ3n) is 9.03. The quantitative estimate of drug-likeness (QED) is 0.151. The molecule has 0 aromatic heterocycles. The van der Waals surface area contributed by atoms with E-state index in [1.165, 1.54) is 37.3 Å². The van der Waals surface area contributed by atoms with Crippen molar-refractivity contribution in [3.63, 3.8) is 0 Å². The first-order valence-corrected chi connectivity index (χ1v) is 18.6. The summed E-state index contributed by atoms with van der Waals surface area (Å²) in [4.78, 5) is 30.4. The summed E-state index contributed by atoms with van der Waals surface area (Å²) < 4.78 is 40.8. The lowest BCUT2D eigenvalue weighted by Crippen LogP contribution is -2.55. The number of amides is 2. The van der Waals surface area contributed by atoms with Crippen molar-refractivity contribution in [3.8, 4) is 11.5 Å². The van der Waals surface area contributed by atoms with Crippen LogP contribution in [0, 0.1) is 6.92 Å². The Balaban J connectivity index is 1.57. The van der Waals surface area contributed by atoms with Crippen LogP contribution in [0.15, 0.2) is 102 Å². The average Bonchev–Trinajstić information content (AvgIpc) is 3.13. The topological polar surface area (TPSA) is 105 Å². The van der Waals surface area contributed by atoms with Gasteiger partial charge in [-0.25, -0.2) is 8.42 Å². The zero-order chi connectivity index (χ0) is 35.7. The maximum absolute atomic E-state index is 14.8. The smallest absolute Gasteiger partial charge is 0.264 e. The number of hydrogen-bond acceptors (Lipinski definition) is 6. The fourth-order valence-electron chi connectivity index (χ4n) is 6.23. The molecule has 4 aromatic rings. The first-order chi connectivity index (χ1) is 24.1. The first kappa shape index (κ1) is 36.7. The lowest BCUT2D eigenvalue weighted by atomic mass is 9.94. The molecule has 0 saturated heterocycles. The van der Waals surface area contributed by atoms with E-state index >= 15 is 0 Å². The highest BCUT2D eigenvalue weighted by atomic mass is 35.5. The number of hydrogen-bond donors (Lipinski definition) is 1. The molecule has 1 fully saturated rings. The Bertz CT molecular complexity index is 1850. The van der Waals surface area contributed by atoms with Gasteiger partial charge in [-0.05, 0) is 67.3 Å². The van der Waals surface area contributed by atoms with Gasteiger partial charge in [-0.2, -0.15) is 0 Å². The van der Waals surface area contributed by atoms with Crippen LogP contribution in [-0.2, 0) is 32.6 Å². The number of nitrogens with zero attached hydrogens (tertiary/aromatic N) is 2. The molecule has 2 amide bonds. The Kier molecular flexibility index (Phi) is 12.4. The Morgan fingerprint density at radius 1 is 0.840 bits per heavy atom. The largest absolute Gasteiger partial charge is 0.493 e. The molecule has 1 saturated carbocycles. The summed E-state index contributed by atoms with van der Waals surface area (Å²) in [7, 11) is -1.43. The number of nitrogens with one attached hydrogen (secondary N) is 1. The number of carbonyl (C=O) groups excluding carboxylic acids is 2. The van der Waals surface area contributed by atoms with Crippen molar-refractivity contribution in [1.82, 2.24) is 10.2 Å². The number of anilines is 1. The molecule has 11 heteroatoms. The summed E-state index contributed by atoms with van der Waals surface area (Å²) in [5.74, 6) is -0.210. The molecule has 1 aliphatic carbocycles. The molecule has 0 radical (unpaired) electrons. The molecule has 264 valence electrons. The molecular weight excluding hydrogens is 674 g/mol. The van der Waals surface area contributed by atoms with Gasteiger partial charge in [-0.1, -0.05) is 91.0 Å². The van der Waals surface area contributed by atoms with Crippen LogP contribution in [0.3, 0.4) is 0 Å². The van der Waals surface area contributed by atoms with Gasteiger partial charge in [0, 0.05) is 30.1 Å². The number of aryl methyl sites for hydroxylation is 1. The number of carbonyl (C=O) groups is 2. The van der Waals surface area contributed by atoms with Crippen molar-refractivity contribution in [1.29, 1.82) is 0 Å². The predicted octanol–water partition coefficient (Wildman–Crippen LogP) is 6.95. The standard InChI is InChI=1S/C39H44ClN3O6S/c1-28-14-20-33(21-15-28)43(50(46,47)34-22-23-36(48-2)37(25-34)49-3)27-38(44)42(26-30-16-18-31(40)19-17-30)35(24-29-10-6-4-7-11-29)39(45)41-32-12-8-5-9-13-32/h4,6-7,10-11,14-23,25,32,35H,5,8-9,12-13,24,26-27H2,1-3H3,(H,41,45). The van der Waals surface area contributed by atoms with Gasteiger partial charge in [0.1, 0.15) is 12.6 Å². The third-order valence-corrected chi connectivity index (χ3v) is 11.1. The number of ether oxygens (including phenoxy) is 2. The van der Waals surface area contributed by atoms with E-state index in [0.717, 1.165) is 53.1 Å². The summed E-state index contributed by atoms with van der Waals surface area (Å²) in [6.45, 7) is 1.40. The van der Waals surface area contributed by atoms with E-state index in [2.05, 4.69) is 5.32 Å². The monoisotopic (exact) mass is 717 g/mol. The highest BCUT2D eigenvalue weighted by Crippen LogP contribution is 2.33. The van der Waals surface area contributed by atoms with E-state index in [1.807, 2.05) is 37.3 Å². The van der Waals surface area contributed by atoms with Crippen LogP contribution in [0.25, 0.3) is 0 Å². The summed E-state index contributed by atoms with van der Waals surface area (Å²) in [5.41, 5.74) is 2.85. The van der Waals surface area contributed by atoms with Crippen LogP contribution in [-0.4, -0.2) is 58.0 Å². The molecule has 4 aromatic carbocycles. The molecule has 1 N–H and O–H groups in total. The van der Waals surface area contributed by atoms with Gasteiger partial charge in [0.2, 0.25) is 11.8 Å². The summed E-state index contributed by atoms with van der Waals surface area (Å²) in [6, 6.07) is 26.9. The van der Waals surface area contributed by atoms with Crippen LogP contribution in [0.2, 0.25) is 5.02 Å². The Labute approximate surface area is 300 Å². The molecule has 50 heavy (non-hydrogen) atoms. The van der Waals surface area contributed by atoms with E-state index in [9.17, 15) is 18.0 Å².